The molecule has 6 nitrogen and oxygen atoms in total. The van der Waals surface area contributed by atoms with E-state index in [9.17, 15) is 0 Å². The second-order valence-electron chi connectivity index (χ2n) is 7.07. The molecule has 0 unspecified atom stereocenters. The van der Waals surface area contributed by atoms with Gasteiger partial charge in [-0.2, -0.15) is 15.3 Å². The molecular formula is C22H22N6. The Balaban J connectivity index is 1.36. The van der Waals surface area contributed by atoms with Crippen LogP contribution in [0.3, 0.4) is 0 Å². The van der Waals surface area contributed by atoms with Crippen LogP contribution in [0.1, 0.15) is 24.0 Å². The third-order valence-electron chi connectivity index (χ3n) is 5.12. The van der Waals surface area contributed by atoms with E-state index < -0.39 is 0 Å². The second-order valence-corrected chi connectivity index (χ2v) is 7.07. The average Bonchev–Trinajstić information content (AvgIpc) is 2.76. The molecule has 1 aromatic heterocycles. The van der Waals surface area contributed by atoms with Crippen LogP contribution in [0.5, 0.6) is 0 Å². The van der Waals surface area contributed by atoms with E-state index >= 15 is 0 Å². The Morgan fingerprint density at radius 2 is 1.79 bits per heavy atom. The summed E-state index contributed by atoms with van der Waals surface area (Å²) in [6.45, 7) is 1.96. The van der Waals surface area contributed by atoms with Crippen molar-refractivity contribution in [1.29, 1.82) is 5.26 Å². The first-order chi connectivity index (χ1) is 13.8. The molecule has 140 valence electrons. The lowest BCUT2D eigenvalue weighted by atomic mass is 9.90. The van der Waals surface area contributed by atoms with E-state index in [1.54, 1.807) is 18.3 Å². The van der Waals surface area contributed by atoms with Crippen LogP contribution in [0.4, 0.5) is 17.5 Å². The van der Waals surface area contributed by atoms with Gasteiger partial charge in [-0.3, -0.25) is 0 Å². The Labute approximate surface area is 164 Å². The fourth-order valence-corrected chi connectivity index (χ4v) is 3.57. The molecule has 0 radical (unpaired) electrons. The van der Waals surface area contributed by atoms with Gasteiger partial charge in [0.05, 0.1) is 17.8 Å². The van der Waals surface area contributed by atoms with Crippen LogP contribution >= 0.6 is 0 Å². The van der Waals surface area contributed by atoms with E-state index in [0.29, 0.717) is 17.4 Å². The molecule has 1 saturated heterocycles. The van der Waals surface area contributed by atoms with Crippen molar-refractivity contribution in [1.82, 2.24) is 15.2 Å². The molecule has 4 rings (SSSR count). The second kappa shape index (κ2) is 8.49. The van der Waals surface area contributed by atoms with E-state index in [0.717, 1.165) is 43.9 Å². The predicted octanol–water partition coefficient (Wildman–Crippen LogP) is 3.95. The van der Waals surface area contributed by atoms with Gasteiger partial charge >= 0.3 is 0 Å². The number of hydrogen-bond donors (Lipinski definition) is 1. The third kappa shape index (κ3) is 4.44. The van der Waals surface area contributed by atoms with Gasteiger partial charge in [0.25, 0.3) is 0 Å². The standard InChI is InChI=1S/C22H22N6/c23-15-19-6-8-20(9-7-19)25-22-26-21(16-24-27-22)28-12-10-18(11-13-28)14-17-4-2-1-3-5-17/h1-9,16,18H,10-14H2,(H,25,26,27). The zero-order valence-corrected chi connectivity index (χ0v) is 15.6. The molecule has 0 amide bonds. The summed E-state index contributed by atoms with van der Waals surface area (Å²) in [5.41, 5.74) is 2.87. The van der Waals surface area contributed by atoms with Gasteiger partial charge in [0, 0.05) is 18.8 Å². The van der Waals surface area contributed by atoms with Crippen molar-refractivity contribution in [2.75, 3.05) is 23.3 Å². The van der Waals surface area contributed by atoms with Crippen molar-refractivity contribution >= 4 is 17.5 Å². The SMILES string of the molecule is N#Cc1ccc(Nc2nncc(N3CCC(Cc4ccccc4)CC3)n2)cc1. The van der Waals surface area contributed by atoms with Gasteiger partial charge in [-0.25, -0.2) is 0 Å². The Bertz CT molecular complexity index is 941. The maximum Gasteiger partial charge on any atom is 0.249 e. The minimum absolute atomic E-state index is 0.466. The van der Waals surface area contributed by atoms with E-state index in [-0.39, 0.29) is 0 Å². The smallest absolute Gasteiger partial charge is 0.249 e. The molecule has 6 heteroatoms. The summed E-state index contributed by atoms with van der Waals surface area (Å²) < 4.78 is 0. The molecule has 0 saturated carbocycles. The number of anilines is 3. The van der Waals surface area contributed by atoms with Crippen LogP contribution in [0.2, 0.25) is 0 Å². The van der Waals surface area contributed by atoms with Crippen LogP contribution in [-0.4, -0.2) is 28.3 Å². The Morgan fingerprint density at radius 3 is 2.50 bits per heavy atom. The molecule has 3 aromatic rings. The number of nitrogens with zero attached hydrogens (tertiary/aromatic N) is 5. The summed E-state index contributed by atoms with van der Waals surface area (Å²) in [7, 11) is 0. The van der Waals surface area contributed by atoms with Gasteiger partial charge in [-0.15, -0.1) is 5.10 Å². The zero-order chi connectivity index (χ0) is 19.2. The number of benzene rings is 2. The number of nitriles is 1. The van der Waals surface area contributed by atoms with Crippen molar-refractivity contribution in [3.05, 3.63) is 71.9 Å². The zero-order valence-electron chi connectivity index (χ0n) is 15.6. The van der Waals surface area contributed by atoms with Crippen molar-refractivity contribution in [3.63, 3.8) is 0 Å². The molecule has 2 aromatic carbocycles. The molecule has 0 aliphatic carbocycles. The van der Waals surface area contributed by atoms with Gasteiger partial charge < -0.3 is 10.2 Å². The predicted molar refractivity (Wildman–Crippen MR) is 109 cm³/mol. The van der Waals surface area contributed by atoms with Crippen molar-refractivity contribution in [2.45, 2.75) is 19.3 Å². The Hall–Kier alpha value is -3.46. The highest BCUT2D eigenvalue weighted by Gasteiger charge is 2.21. The van der Waals surface area contributed by atoms with Crippen molar-refractivity contribution in [3.8, 4) is 6.07 Å². The van der Waals surface area contributed by atoms with Crippen LogP contribution in [0.25, 0.3) is 0 Å². The first kappa shape index (κ1) is 17.9. The minimum atomic E-state index is 0.466. The van der Waals surface area contributed by atoms with Crippen LogP contribution in [-0.2, 0) is 6.42 Å². The van der Waals surface area contributed by atoms with E-state index in [2.05, 4.69) is 61.8 Å². The van der Waals surface area contributed by atoms with Crippen LogP contribution < -0.4 is 10.2 Å². The van der Waals surface area contributed by atoms with Crippen molar-refractivity contribution in [2.24, 2.45) is 5.92 Å². The number of nitrogens with one attached hydrogen (secondary N) is 1. The van der Waals surface area contributed by atoms with Crippen molar-refractivity contribution < 1.29 is 0 Å². The lowest BCUT2D eigenvalue weighted by molar-refractivity contribution is 0.402. The van der Waals surface area contributed by atoms with E-state index in [4.69, 9.17) is 5.26 Å². The number of aromatic nitrogens is 3. The molecule has 28 heavy (non-hydrogen) atoms. The highest BCUT2D eigenvalue weighted by atomic mass is 15.3. The average molecular weight is 370 g/mol. The Kier molecular flexibility index (Phi) is 5.43. The van der Waals surface area contributed by atoms with E-state index in [1.165, 1.54) is 5.56 Å². The molecule has 0 atom stereocenters. The largest absolute Gasteiger partial charge is 0.355 e. The molecular weight excluding hydrogens is 348 g/mol. The van der Waals surface area contributed by atoms with Gasteiger partial charge in [0.15, 0.2) is 5.82 Å². The molecule has 0 bridgehead atoms. The minimum Gasteiger partial charge on any atom is -0.355 e. The summed E-state index contributed by atoms with van der Waals surface area (Å²) in [5.74, 6) is 2.03. The third-order valence-corrected chi connectivity index (χ3v) is 5.12. The highest BCUT2D eigenvalue weighted by Crippen LogP contribution is 2.25. The molecule has 2 heterocycles. The quantitative estimate of drug-likeness (QED) is 0.733. The molecule has 1 fully saturated rings. The lowest BCUT2D eigenvalue weighted by Crippen LogP contribution is -2.35. The lowest BCUT2D eigenvalue weighted by Gasteiger charge is -2.32. The fraction of sp³-hybridized carbons (Fsp3) is 0.273. The molecule has 0 spiro atoms. The molecule has 1 aliphatic rings. The maximum absolute atomic E-state index is 8.89. The molecule has 1 N–H and O–H groups in total. The monoisotopic (exact) mass is 370 g/mol. The number of rotatable bonds is 5. The van der Waals surface area contributed by atoms with Gasteiger partial charge in [0.1, 0.15) is 0 Å². The molecule has 1 aliphatic heterocycles. The summed E-state index contributed by atoms with van der Waals surface area (Å²) >= 11 is 0. The van der Waals surface area contributed by atoms with Gasteiger partial charge in [-0.1, -0.05) is 30.3 Å². The van der Waals surface area contributed by atoms with E-state index in [1.807, 2.05) is 12.1 Å². The number of piperidine rings is 1. The Morgan fingerprint density at radius 1 is 1.04 bits per heavy atom. The normalized spacial score (nSPS) is 14.5. The van der Waals surface area contributed by atoms with Crippen LogP contribution in [0.15, 0.2) is 60.8 Å². The summed E-state index contributed by atoms with van der Waals surface area (Å²) in [6, 6.07) is 20.0. The van der Waals surface area contributed by atoms with Crippen LogP contribution in [0, 0.1) is 17.2 Å². The number of hydrogen-bond acceptors (Lipinski definition) is 6. The first-order valence-corrected chi connectivity index (χ1v) is 9.56. The highest BCUT2D eigenvalue weighted by molar-refractivity contribution is 5.55. The maximum atomic E-state index is 8.89. The summed E-state index contributed by atoms with van der Waals surface area (Å²) in [6.07, 6.45) is 5.16. The van der Waals surface area contributed by atoms with Gasteiger partial charge in [-0.05, 0) is 55.0 Å². The fourth-order valence-electron chi connectivity index (χ4n) is 3.57. The summed E-state index contributed by atoms with van der Waals surface area (Å²) in [4.78, 5) is 6.90. The topological polar surface area (TPSA) is 77.7 Å². The first-order valence-electron chi connectivity index (χ1n) is 9.56. The van der Waals surface area contributed by atoms with Gasteiger partial charge in [0.2, 0.25) is 5.95 Å². The summed E-state index contributed by atoms with van der Waals surface area (Å²) in [5, 5.41) is 20.2.